The highest BCUT2D eigenvalue weighted by Gasteiger charge is 2.79. The minimum Gasteiger partial charge on any atom is -0.390 e. The van der Waals surface area contributed by atoms with E-state index in [0.29, 0.717) is 6.42 Å². The van der Waals surface area contributed by atoms with Crippen LogP contribution in [0.5, 0.6) is 0 Å². The highest BCUT2D eigenvalue weighted by Crippen LogP contribution is 2.72. The molecule has 0 spiro atoms. The molecule has 33 heavy (non-hydrogen) atoms. The number of alkyl halides is 2. The number of ether oxygens (including phenoxy) is 2. The fraction of sp³-hybridized carbons (Fsp3) is 0.760. The third-order valence-electron chi connectivity index (χ3n) is 9.50. The summed E-state index contributed by atoms with van der Waals surface area (Å²) in [6.07, 6.45) is 0.682. The van der Waals surface area contributed by atoms with Gasteiger partial charge in [-0.2, -0.15) is 0 Å². The predicted molar refractivity (Wildman–Crippen MR) is 113 cm³/mol. The molecule has 8 heteroatoms. The van der Waals surface area contributed by atoms with Gasteiger partial charge in [0.2, 0.25) is 0 Å². The Morgan fingerprint density at radius 3 is 2.67 bits per heavy atom. The molecule has 0 amide bonds. The SMILES string of the molecule is CCCC1O[C@@H]2C[C@H]3[C@@H]4C[C@H](F)C5=CC(=O)C=C[C@]5(C)[C@@]4(F)[C@@H](O)CC3(C)[C@]2(C(=O)CO)O1. The molecule has 5 rings (SSSR count). The summed E-state index contributed by atoms with van der Waals surface area (Å²) in [6.45, 7) is 4.53. The van der Waals surface area contributed by atoms with Crippen molar-refractivity contribution in [3.8, 4) is 0 Å². The summed E-state index contributed by atoms with van der Waals surface area (Å²) in [6, 6.07) is 0. The van der Waals surface area contributed by atoms with E-state index in [1.54, 1.807) is 13.8 Å². The first-order valence-corrected chi connectivity index (χ1v) is 11.9. The van der Waals surface area contributed by atoms with E-state index in [-0.39, 0.29) is 24.8 Å². The first-order valence-electron chi connectivity index (χ1n) is 11.9. The average molecular weight is 467 g/mol. The first-order chi connectivity index (χ1) is 15.5. The van der Waals surface area contributed by atoms with Gasteiger partial charge >= 0.3 is 0 Å². The minimum absolute atomic E-state index is 0.0613. The largest absolute Gasteiger partial charge is 0.390 e. The number of allylic oxidation sites excluding steroid dienone is 4. The minimum atomic E-state index is -2.23. The van der Waals surface area contributed by atoms with Crippen molar-refractivity contribution >= 4 is 11.6 Å². The number of Topliss-reactive ketones (excluding diaryl/α,β-unsaturated/α-hetero) is 1. The zero-order valence-electron chi connectivity index (χ0n) is 19.2. The summed E-state index contributed by atoms with van der Waals surface area (Å²) in [5.41, 5.74) is -6.22. The summed E-state index contributed by atoms with van der Waals surface area (Å²) in [4.78, 5) is 25.1. The molecule has 2 N–H and O–H groups in total. The molecule has 4 fully saturated rings. The zero-order valence-corrected chi connectivity index (χ0v) is 19.2. The van der Waals surface area contributed by atoms with Gasteiger partial charge in [0.1, 0.15) is 12.8 Å². The number of carbonyl (C=O) groups excluding carboxylic acids is 2. The van der Waals surface area contributed by atoms with E-state index in [9.17, 15) is 19.8 Å². The van der Waals surface area contributed by atoms with Crippen LogP contribution in [0.15, 0.2) is 23.8 Å². The molecule has 3 saturated carbocycles. The molecule has 0 bridgehead atoms. The van der Waals surface area contributed by atoms with Crippen molar-refractivity contribution in [1.29, 1.82) is 0 Å². The second kappa shape index (κ2) is 7.26. The van der Waals surface area contributed by atoms with Gasteiger partial charge in [0.25, 0.3) is 0 Å². The maximum Gasteiger partial charge on any atom is 0.193 e. The summed E-state index contributed by atoms with van der Waals surface area (Å²) in [5.74, 6) is -2.38. The van der Waals surface area contributed by atoms with E-state index < -0.39 is 76.8 Å². The Kier molecular flexibility index (Phi) is 5.12. The lowest BCUT2D eigenvalue weighted by Gasteiger charge is -2.63. The van der Waals surface area contributed by atoms with E-state index in [1.807, 2.05) is 6.92 Å². The summed E-state index contributed by atoms with van der Waals surface area (Å²) < 4.78 is 45.0. The van der Waals surface area contributed by atoms with Crippen LogP contribution in [-0.2, 0) is 19.1 Å². The standard InChI is InChI=1S/C25H32F2O6/c1-4-5-21-32-20-10-14-15-9-17(26)16-8-13(29)6-7-22(16,2)24(15,27)18(30)11-23(14,3)25(20,33-21)19(31)12-28/h6-8,14-15,17-18,20-21,28,30H,4-5,9-12H2,1-3H3/t14-,15-,17-,18-,20+,21?,22-,23?,24-,25+/m0/s1. The van der Waals surface area contributed by atoms with Crippen LogP contribution >= 0.6 is 0 Å². The zero-order chi connectivity index (χ0) is 24.0. The maximum absolute atomic E-state index is 17.2. The molecule has 6 nitrogen and oxygen atoms in total. The second-order valence-corrected chi connectivity index (χ2v) is 10.9. The third kappa shape index (κ3) is 2.61. The van der Waals surface area contributed by atoms with Gasteiger partial charge in [0.15, 0.2) is 29.1 Å². The topological polar surface area (TPSA) is 93.1 Å². The quantitative estimate of drug-likeness (QED) is 0.662. The van der Waals surface area contributed by atoms with Crippen LogP contribution in [0.2, 0.25) is 0 Å². The Hall–Kier alpha value is -1.48. The van der Waals surface area contributed by atoms with Gasteiger partial charge in [-0.25, -0.2) is 8.78 Å². The molecule has 0 aromatic carbocycles. The molecule has 182 valence electrons. The maximum atomic E-state index is 17.2. The van der Waals surface area contributed by atoms with E-state index in [4.69, 9.17) is 9.47 Å². The van der Waals surface area contributed by atoms with Gasteiger partial charge in [-0.05, 0) is 56.3 Å². The number of hydrogen-bond donors (Lipinski definition) is 2. The fourth-order valence-corrected chi connectivity index (χ4v) is 8.00. The molecule has 1 saturated heterocycles. The predicted octanol–water partition coefficient (Wildman–Crippen LogP) is 2.76. The molecule has 2 unspecified atom stereocenters. The number of aliphatic hydroxyl groups is 2. The Balaban J connectivity index is 1.62. The molecule has 5 aliphatic rings. The number of carbonyl (C=O) groups is 2. The summed E-state index contributed by atoms with van der Waals surface area (Å²) >= 11 is 0. The van der Waals surface area contributed by atoms with Crippen molar-refractivity contribution in [3.05, 3.63) is 23.8 Å². The molecular formula is C25H32F2O6. The van der Waals surface area contributed by atoms with E-state index in [2.05, 4.69) is 0 Å². The molecule has 10 atom stereocenters. The van der Waals surface area contributed by atoms with Crippen LogP contribution in [0.25, 0.3) is 0 Å². The number of rotatable bonds is 4. The Bertz CT molecular complexity index is 949. The van der Waals surface area contributed by atoms with Crippen LogP contribution in [0.1, 0.15) is 52.9 Å². The molecule has 0 radical (unpaired) electrons. The Morgan fingerprint density at radius 2 is 2.00 bits per heavy atom. The number of hydrogen-bond acceptors (Lipinski definition) is 6. The van der Waals surface area contributed by atoms with Crippen molar-refractivity contribution in [1.82, 2.24) is 0 Å². The summed E-state index contributed by atoms with van der Waals surface area (Å²) in [7, 11) is 0. The number of aliphatic hydroxyl groups excluding tert-OH is 2. The van der Waals surface area contributed by atoms with Gasteiger partial charge in [0.05, 0.1) is 12.2 Å². The number of halogens is 2. The van der Waals surface area contributed by atoms with Crippen molar-refractivity contribution in [2.75, 3.05) is 6.61 Å². The monoisotopic (exact) mass is 466 g/mol. The van der Waals surface area contributed by atoms with Gasteiger partial charge < -0.3 is 19.7 Å². The third-order valence-corrected chi connectivity index (χ3v) is 9.50. The van der Waals surface area contributed by atoms with Crippen LogP contribution < -0.4 is 0 Å². The van der Waals surface area contributed by atoms with Gasteiger partial charge in [-0.15, -0.1) is 0 Å². The van der Waals surface area contributed by atoms with Crippen LogP contribution in [0, 0.1) is 22.7 Å². The number of ketones is 2. The molecule has 4 aliphatic carbocycles. The van der Waals surface area contributed by atoms with Crippen LogP contribution in [-0.4, -0.2) is 64.3 Å². The van der Waals surface area contributed by atoms with E-state index in [1.165, 1.54) is 12.2 Å². The van der Waals surface area contributed by atoms with E-state index in [0.717, 1.165) is 12.5 Å². The molecule has 0 aromatic heterocycles. The average Bonchev–Trinajstić information content (AvgIpc) is 3.24. The van der Waals surface area contributed by atoms with Gasteiger partial charge in [0, 0.05) is 16.7 Å². The normalized spacial score (nSPS) is 52.6. The Morgan fingerprint density at radius 1 is 1.27 bits per heavy atom. The highest BCUT2D eigenvalue weighted by atomic mass is 19.1. The van der Waals surface area contributed by atoms with Gasteiger partial charge in [-0.1, -0.05) is 26.3 Å². The van der Waals surface area contributed by atoms with Crippen molar-refractivity contribution in [2.45, 2.75) is 88.8 Å². The van der Waals surface area contributed by atoms with Crippen molar-refractivity contribution in [3.63, 3.8) is 0 Å². The highest BCUT2D eigenvalue weighted by molar-refractivity contribution is 6.01. The van der Waals surface area contributed by atoms with Crippen molar-refractivity contribution in [2.24, 2.45) is 22.7 Å². The molecular weight excluding hydrogens is 434 g/mol. The van der Waals surface area contributed by atoms with Crippen molar-refractivity contribution < 1.29 is 38.1 Å². The van der Waals surface area contributed by atoms with Crippen LogP contribution in [0.4, 0.5) is 8.78 Å². The number of fused-ring (bicyclic) bond motifs is 7. The lowest BCUT2D eigenvalue weighted by Crippen LogP contribution is -2.70. The fourth-order valence-electron chi connectivity index (χ4n) is 8.00. The molecule has 0 aromatic rings. The van der Waals surface area contributed by atoms with Gasteiger partial charge in [-0.3, -0.25) is 9.59 Å². The molecule has 1 aliphatic heterocycles. The Labute approximate surface area is 192 Å². The lowest BCUT2D eigenvalue weighted by molar-refractivity contribution is -0.234. The smallest absolute Gasteiger partial charge is 0.193 e. The summed E-state index contributed by atoms with van der Waals surface area (Å²) in [5, 5.41) is 21.2. The second-order valence-electron chi connectivity index (χ2n) is 10.9. The van der Waals surface area contributed by atoms with E-state index >= 15 is 8.78 Å². The lowest BCUT2D eigenvalue weighted by atomic mass is 9.44. The molecule has 1 heterocycles. The first kappa shape index (κ1) is 23.3. The van der Waals surface area contributed by atoms with Crippen LogP contribution in [0.3, 0.4) is 0 Å².